The Bertz CT molecular complexity index is 927. The highest BCUT2D eigenvalue weighted by molar-refractivity contribution is 7.22. The van der Waals surface area contributed by atoms with E-state index in [2.05, 4.69) is 20.4 Å². The molecule has 0 atom stereocenters. The lowest BCUT2D eigenvalue weighted by atomic mass is 9.96. The Morgan fingerprint density at radius 2 is 2.11 bits per heavy atom. The van der Waals surface area contributed by atoms with E-state index in [1.54, 1.807) is 0 Å². The van der Waals surface area contributed by atoms with Crippen molar-refractivity contribution in [2.75, 3.05) is 11.9 Å². The number of hydrogen-bond donors (Lipinski definition) is 1. The van der Waals surface area contributed by atoms with Crippen LogP contribution in [0.25, 0.3) is 10.2 Å². The summed E-state index contributed by atoms with van der Waals surface area (Å²) < 4.78 is 11.7. The molecule has 0 bridgehead atoms. The topological polar surface area (TPSA) is 90.1 Å². The Kier molecular flexibility index (Phi) is 5.74. The molecular weight excluding hydrogens is 364 g/mol. The predicted octanol–water partition coefficient (Wildman–Crippen LogP) is 4.34. The van der Waals surface area contributed by atoms with Crippen molar-refractivity contribution in [3.05, 3.63) is 29.9 Å². The average molecular weight is 388 g/mol. The van der Waals surface area contributed by atoms with E-state index < -0.39 is 0 Å². The summed E-state index contributed by atoms with van der Waals surface area (Å²) in [5, 5.41) is 7.45. The average Bonchev–Trinajstić information content (AvgIpc) is 3.21. The fraction of sp³-hybridized carbons (Fsp3) is 0.474. The van der Waals surface area contributed by atoms with Crippen LogP contribution in [-0.2, 0) is 16.6 Å². The molecular formula is C19H24N4O3S. The first-order valence-corrected chi connectivity index (χ1v) is 9.83. The fourth-order valence-electron chi connectivity index (χ4n) is 2.46. The number of ether oxygens (including phenoxy) is 1. The maximum absolute atomic E-state index is 12.2. The summed E-state index contributed by atoms with van der Waals surface area (Å²) in [6.07, 6.45) is 1.58. The third kappa shape index (κ3) is 5.03. The summed E-state index contributed by atoms with van der Waals surface area (Å²) in [4.78, 5) is 21.0. The van der Waals surface area contributed by atoms with Crippen molar-refractivity contribution >= 4 is 32.6 Å². The summed E-state index contributed by atoms with van der Waals surface area (Å²) in [6.45, 7) is 8.66. The molecule has 0 aliphatic heterocycles. The molecule has 2 aromatic heterocycles. The van der Waals surface area contributed by atoms with Gasteiger partial charge in [-0.25, -0.2) is 4.98 Å². The van der Waals surface area contributed by atoms with E-state index in [9.17, 15) is 4.79 Å². The van der Waals surface area contributed by atoms with Crippen LogP contribution in [-0.4, -0.2) is 27.6 Å². The highest BCUT2D eigenvalue weighted by atomic mass is 32.1. The molecule has 3 rings (SSSR count). The highest BCUT2D eigenvalue weighted by Gasteiger charge is 2.20. The predicted molar refractivity (Wildman–Crippen MR) is 105 cm³/mol. The van der Waals surface area contributed by atoms with Crippen LogP contribution in [0.3, 0.4) is 0 Å². The van der Waals surface area contributed by atoms with Crippen molar-refractivity contribution in [1.29, 1.82) is 0 Å². The lowest BCUT2D eigenvalue weighted by Gasteiger charge is -2.10. The van der Waals surface area contributed by atoms with Crippen LogP contribution in [0.15, 0.2) is 22.7 Å². The maximum atomic E-state index is 12.2. The number of hydrogen-bond acceptors (Lipinski definition) is 7. The number of amides is 1. The third-order valence-electron chi connectivity index (χ3n) is 3.85. The van der Waals surface area contributed by atoms with Crippen molar-refractivity contribution in [1.82, 2.24) is 15.1 Å². The quantitative estimate of drug-likeness (QED) is 0.648. The molecule has 144 valence electrons. The summed E-state index contributed by atoms with van der Waals surface area (Å²) >= 11 is 1.44. The van der Waals surface area contributed by atoms with Gasteiger partial charge < -0.3 is 14.6 Å². The van der Waals surface area contributed by atoms with Gasteiger partial charge in [-0.2, -0.15) is 4.98 Å². The molecule has 2 heterocycles. The van der Waals surface area contributed by atoms with Crippen LogP contribution in [0.2, 0.25) is 0 Å². The van der Waals surface area contributed by atoms with Gasteiger partial charge >= 0.3 is 0 Å². The molecule has 1 amide bonds. The van der Waals surface area contributed by atoms with Gasteiger partial charge in [0.15, 0.2) is 11.0 Å². The van der Waals surface area contributed by atoms with Crippen LogP contribution in [0.4, 0.5) is 5.13 Å². The normalized spacial score (nSPS) is 11.7. The van der Waals surface area contributed by atoms with E-state index in [-0.39, 0.29) is 11.3 Å². The monoisotopic (exact) mass is 388 g/mol. The van der Waals surface area contributed by atoms with Crippen molar-refractivity contribution in [2.45, 2.75) is 52.4 Å². The molecule has 0 unspecified atom stereocenters. The van der Waals surface area contributed by atoms with E-state index in [1.807, 2.05) is 45.9 Å². The van der Waals surface area contributed by atoms with E-state index in [1.165, 1.54) is 11.3 Å². The molecule has 3 aromatic rings. The van der Waals surface area contributed by atoms with E-state index in [4.69, 9.17) is 9.26 Å². The molecule has 27 heavy (non-hydrogen) atoms. The van der Waals surface area contributed by atoms with Crippen molar-refractivity contribution in [3.8, 4) is 5.75 Å². The highest BCUT2D eigenvalue weighted by Crippen LogP contribution is 2.29. The molecule has 0 saturated carbocycles. The van der Waals surface area contributed by atoms with Crippen molar-refractivity contribution < 1.29 is 14.1 Å². The lowest BCUT2D eigenvalue weighted by molar-refractivity contribution is -0.116. The van der Waals surface area contributed by atoms with Crippen LogP contribution >= 0.6 is 11.3 Å². The zero-order valence-electron chi connectivity index (χ0n) is 16.0. The fourth-order valence-corrected chi connectivity index (χ4v) is 3.37. The van der Waals surface area contributed by atoms with Gasteiger partial charge in [-0.1, -0.05) is 37.3 Å². The summed E-state index contributed by atoms with van der Waals surface area (Å²) in [5.74, 6) is 1.98. The number of rotatable bonds is 7. The Hall–Kier alpha value is -2.48. The van der Waals surface area contributed by atoms with Crippen LogP contribution in [0.1, 0.15) is 52.3 Å². The molecule has 7 nitrogen and oxygen atoms in total. The smallest absolute Gasteiger partial charge is 0.226 e. The number of anilines is 1. The number of benzene rings is 1. The number of thiazole rings is 1. The van der Waals surface area contributed by atoms with Crippen molar-refractivity contribution in [2.24, 2.45) is 0 Å². The molecule has 0 aliphatic rings. The number of aryl methyl sites for hydroxylation is 1. The third-order valence-corrected chi connectivity index (χ3v) is 4.78. The second-order valence-corrected chi connectivity index (χ2v) is 8.28. The first kappa shape index (κ1) is 19.3. The van der Waals surface area contributed by atoms with Crippen LogP contribution in [0.5, 0.6) is 5.75 Å². The second kappa shape index (κ2) is 8.04. The Labute approximate surface area is 162 Å². The van der Waals surface area contributed by atoms with Gasteiger partial charge in [0.25, 0.3) is 0 Å². The number of nitrogens with one attached hydrogen (secondary N) is 1. The number of carbonyl (C=O) groups is 1. The molecule has 1 aromatic carbocycles. The van der Waals surface area contributed by atoms with E-state index in [0.717, 1.165) is 16.0 Å². The first-order valence-electron chi connectivity index (χ1n) is 9.01. The van der Waals surface area contributed by atoms with Gasteiger partial charge in [0, 0.05) is 18.3 Å². The Morgan fingerprint density at radius 3 is 2.81 bits per heavy atom. The van der Waals surface area contributed by atoms with Crippen LogP contribution < -0.4 is 10.1 Å². The number of carbonyl (C=O) groups excluding carboxylic acids is 1. The molecule has 1 N–H and O–H groups in total. The molecule has 8 heteroatoms. The van der Waals surface area contributed by atoms with Gasteiger partial charge in [0.2, 0.25) is 11.8 Å². The molecule has 0 spiro atoms. The van der Waals surface area contributed by atoms with E-state index >= 15 is 0 Å². The lowest BCUT2D eigenvalue weighted by Crippen LogP contribution is -2.13. The van der Waals surface area contributed by atoms with Crippen molar-refractivity contribution in [3.63, 3.8) is 0 Å². The maximum Gasteiger partial charge on any atom is 0.226 e. The number of aromatic nitrogens is 3. The SMILES string of the molecule is CCOc1ccc2nc(NC(=O)CCCc3nc(C(C)(C)C)no3)sc2c1. The summed E-state index contributed by atoms with van der Waals surface area (Å²) in [7, 11) is 0. The Balaban J connectivity index is 1.52. The van der Waals surface area contributed by atoms with Crippen LogP contribution in [0, 0.1) is 0 Å². The first-order chi connectivity index (χ1) is 12.8. The zero-order chi connectivity index (χ0) is 19.4. The minimum absolute atomic E-state index is 0.0744. The Morgan fingerprint density at radius 1 is 1.30 bits per heavy atom. The number of nitrogens with zero attached hydrogens (tertiary/aromatic N) is 3. The number of fused-ring (bicyclic) bond motifs is 1. The summed E-state index contributed by atoms with van der Waals surface area (Å²) in [6, 6.07) is 5.72. The second-order valence-electron chi connectivity index (χ2n) is 7.25. The molecule has 0 radical (unpaired) electrons. The minimum Gasteiger partial charge on any atom is -0.494 e. The van der Waals surface area contributed by atoms with Gasteiger partial charge in [-0.15, -0.1) is 0 Å². The summed E-state index contributed by atoms with van der Waals surface area (Å²) in [5.41, 5.74) is 0.702. The van der Waals surface area contributed by atoms with Gasteiger partial charge in [-0.05, 0) is 31.5 Å². The molecule has 0 aliphatic carbocycles. The van der Waals surface area contributed by atoms with Gasteiger partial charge in [0.1, 0.15) is 5.75 Å². The molecule has 0 fully saturated rings. The van der Waals surface area contributed by atoms with E-state index in [0.29, 0.717) is 42.7 Å². The van der Waals surface area contributed by atoms with Gasteiger partial charge in [0.05, 0.1) is 16.8 Å². The molecule has 0 saturated heterocycles. The largest absolute Gasteiger partial charge is 0.494 e. The van der Waals surface area contributed by atoms with Gasteiger partial charge in [-0.3, -0.25) is 4.79 Å². The minimum atomic E-state index is -0.145. The standard InChI is InChI=1S/C19H24N4O3S/c1-5-25-12-9-10-13-14(11-12)27-18(20-13)21-15(24)7-6-8-16-22-17(23-26-16)19(2,3)4/h9-11H,5-8H2,1-4H3,(H,20,21,24). The zero-order valence-corrected chi connectivity index (χ0v) is 16.9.